The molecular weight excluding hydrogens is 292 g/mol. The van der Waals surface area contributed by atoms with Crippen LogP contribution in [0.4, 0.5) is 0 Å². The fourth-order valence-corrected chi connectivity index (χ4v) is 2.39. The van der Waals surface area contributed by atoms with Crippen LogP contribution in [0.15, 0.2) is 65.8 Å². The van der Waals surface area contributed by atoms with Gasteiger partial charge in [0.15, 0.2) is 0 Å². The molecule has 3 aromatic rings. The van der Waals surface area contributed by atoms with Crippen molar-refractivity contribution in [2.24, 2.45) is 0 Å². The number of hydrogen-bond acceptors (Lipinski definition) is 3. The second-order valence-electron chi connectivity index (χ2n) is 5.17. The third-order valence-electron chi connectivity index (χ3n) is 3.53. The molecule has 0 bridgehead atoms. The maximum absolute atomic E-state index is 11.8. The molecule has 0 saturated heterocycles. The molecule has 0 saturated carbocycles. The number of benzene rings is 1. The molecule has 0 aliphatic rings. The van der Waals surface area contributed by atoms with Crippen LogP contribution in [0.1, 0.15) is 21.5 Å². The number of nitrogens with one attached hydrogen (secondary N) is 1. The van der Waals surface area contributed by atoms with Crippen LogP contribution in [0, 0.1) is 0 Å². The van der Waals surface area contributed by atoms with E-state index in [9.17, 15) is 9.59 Å². The lowest BCUT2D eigenvalue weighted by Gasteiger charge is -2.05. The molecule has 0 aliphatic heterocycles. The zero-order valence-electron chi connectivity index (χ0n) is 12.2. The Hall–Kier alpha value is -3.21. The van der Waals surface area contributed by atoms with Crippen molar-refractivity contribution in [2.45, 2.75) is 6.42 Å². The van der Waals surface area contributed by atoms with Gasteiger partial charge in [0, 0.05) is 24.2 Å². The Morgan fingerprint density at radius 2 is 1.87 bits per heavy atom. The molecule has 5 nitrogen and oxygen atoms in total. The third kappa shape index (κ3) is 3.35. The second kappa shape index (κ2) is 6.27. The molecule has 2 aromatic heterocycles. The summed E-state index contributed by atoms with van der Waals surface area (Å²) in [5.41, 5.74) is 3.36. The maximum Gasteiger partial charge on any atom is 0.337 e. The Kier molecular flexibility index (Phi) is 4.01. The van der Waals surface area contributed by atoms with Crippen LogP contribution in [0.3, 0.4) is 0 Å². The van der Waals surface area contributed by atoms with E-state index in [1.165, 1.54) is 6.20 Å². The summed E-state index contributed by atoms with van der Waals surface area (Å²) >= 11 is 0. The lowest BCUT2D eigenvalue weighted by molar-refractivity contribution is 0.0696. The van der Waals surface area contributed by atoms with Gasteiger partial charge in [0.25, 0.3) is 5.56 Å². The molecular formula is C18H14N2O3. The SMILES string of the molecule is O=C(O)c1cncc(Cc2ccc(-c3ccc[nH]c3=O)cc2)c1. The summed E-state index contributed by atoms with van der Waals surface area (Å²) in [7, 11) is 0. The van der Waals surface area contributed by atoms with E-state index in [1.54, 1.807) is 30.6 Å². The van der Waals surface area contributed by atoms with E-state index in [0.29, 0.717) is 12.0 Å². The van der Waals surface area contributed by atoms with Gasteiger partial charge < -0.3 is 10.1 Å². The van der Waals surface area contributed by atoms with Crippen molar-refractivity contribution in [2.75, 3.05) is 0 Å². The van der Waals surface area contributed by atoms with Gasteiger partial charge in [0.1, 0.15) is 0 Å². The van der Waals surface area contributed by atoms with Crippen molar-refractivity contribution in [1.82, 2.24) is 9.97 Å². The first-order chi connectivity index (χ1) is 11.1. The van der Waals surface area contributed by atoms with Crippen LogP contribution < -0.4 is 5.56 Å². The van der Waals surface area contributed by atoms with E-state index in [1.807, 2.05) is 24.3 Å². The Balaban J connectivity index is 1.83. The second-order valence-corrected chi connectivity index (χ2v) is 5.17. The highest BCUT2D eigenvalue weighted by molar-refractivity contribution is 5.87. The lowest BCUT2D eigenvalue weighted by Crippen LogP contribution is -2.06. The number of aromatic amines is 1. The predicted molar refractivity (Wildman–Crippen MR) is 86.5 cm³/mol. The summed E-state index contributed by atoms with van der Waals surface area (Å²) in [5, 5.41) is 8.99. The smallest absolute Gasteiger partial charge is 0.337 e. The Bertz CT molecular complexity index is 898. The first-order valence-electron chi connectivity index (χ1n) is 7.08. The molecule has 2 N–H and O–H groups in total. The fraction of sp³-hybridized carbons (Fsp3) is 0.0556. The van der Waals surface area contributed by atoms with Crippen LogP contribution in [0.2, 0.25) is 0 Å². The van der Waals surface area contributed by atoms with E-state index in [-0.39, 0.29) is 11.1 Å². The summed E-state index contributed by atoms with van der Waals surface area (Å²) in [5.74, 6) is -0.988. The van der Waals surface area contributed by atoms with E-state index < -0.39 is 5.97 Å². The average Bonchev–Trinajstić information content (AvgIpc) is 2.56. The molecule has 3 rings (SSSR count). The Labute approximate surface area is 132 Å². The first kappa shape index (κ1) is 14.7. The number of hydrogen-bond donors (Lipinski definition) is 2. The summed E-state index contributed by atoms with van der Waals surface area (Å²) in [6, 6.07) is 12.8. The number of aromatic carboxylic acids is 1. The summed E-state index contributed by atoms with van der Waals surface area (Å²) < 4.78 is 0. The first-order valence-corrected chi connectivity index (χ1v) is 7.08. The van der Waals surface area contributed by atoms with E-state index in [0.717, 1.165) is 16.7 Å². The van der Waals surface area contributed by atoms with Gasteiger partial charge in [-0.3, -0.25) is 9.78 Å². The van der Waals surface area contributed by atoms with E-state index in [4.69, 9.17) is 5.11 Å². The molecule has 0 atom stereocenters. The van der Waals surface area contributed by atoms with Gasteiger partial charge in [-0.25, -0.2) is 4.79 Å². The van der Waals surface area contributed by atoms with E-state index >= 15 is 0 Å². The van der Waals surface area contributed by atoms with Crippen LogP contribution >= 0.6 is 0 Å². The number of aromatic nitrogens is 2. The molecule has 23 heavy (non-hydrogen) atoms. The molecule has 2 heterocycles. The number of carboxylic acids is 1. The summed E-state index contributed by atoms with van der Waals surface area (Å²) in [6.07, 6.45) is 5.17. The zero-order chi connectivity index (χ0) is 16.2. The standard InChI is InChI=1S/C18H14N2O3/c21-17-16(2-1-7-20-17)14-5-3-12(4-6-14)8-13-9-15(18(22)23)11-19-10-13/h1-7,9-11H,8H2,(H,20,21)(H,22,23). The van der Waals surface area contributed by atoms with Crippen molar-refractivity contribution in [1.29, 1.82) is 0 Å². The average molecular weight is 306 g/mol. The monoisotopic (exact) mass is 306 g/mol. The van der Waals surface area contributed by atoms with Crippen LogP contribution in [0.25, 0.3) is 11.1 Å². The van der Waals surface area contributed by atoms with Gasteiger partial charge in [0.05, 0.1) is 5.56 Å². The number of H-pyrrole nitrogens is 1. The lowest BCUT2D eigenvalue weighted by atomic mass is 10.0. The van der Waals surface area contributed by atoms with Crippen LogP contribution in [-0.4, -0.2) is 21.0 Å². The minimum Gasteiger partial charge on any atom is -0.478 e. The van der Waals surface area contributed by atoms with Crippen molar-refractivity contribution in [3.05, 3.63) is 88.1 Å². The van der Waals surface area contributed by atoms with Gasteiger partial charge in [-0.05, 0) is 41.3 Å². The molecule has 0 radical (unpaired) electrons. The molecule has 0 unspecified atom stereocenters. The minimum atomic E-state index is -0.988. The maximum atomic E-state index is 11.8. The fourth-order valence-electron chi connectivity index (χ4n) is 2.39. The summed E-state index contributed by atoms with van der Waals surface area (Å²) in [6.45, 7) is 0. The van der Waals surface area contributed by atoms with Gasteiger partial charge in [-0.15, -0.1) is 0 Å². The predicted octanol–water partition coefficient (Wildman–Crippen LogP) is 2.73. The number of carboxylic acid groups (broad SMARTS) is 1. The normalized spacial score (nSPS) is 10.4. The topological polar surface area (TPSA) is 83.0 Å². The molecule has 5 heteroatoms. The molecule has 0 amide bonds. The molecule has 114 valence electrons. The number of pyridine rings is 2. The highest BCUT2D eigenvalue weighted by atomic mass is 16.4. The minimum absolute atomic E-state index is 0.126. The van der Waals surface area contributed by atoms with Gasteiger partial charge in [-0.2, -0.15) is 0 Å². The molecule has 1 aromatic carbocycles. The number of carbonyl (C=O) groups is 1. The quantitative estimate of drug-likeness (QED) is 0.776. The van der Waals surface area contributed by atoms with E-state index in [2.05, 4.69) is 9.97 Å². The van der Waals surface area contributed by atoms with Gasteiger partial charge >= 0.3 is 5.97 Å². The molecule has 0 aliphatic carbocycles. The molecule has 0 spiro atoms. The van der Waals surface area contributed by atoms with Crippen LogP contribution in [0.5, 0.6) is 0 Å². The largest absolute Gasteiger partial charge is 0.478 e. The highest BCUT2D eigenvalue weighted by Gasteiger charge is 2.06. The Morgan fingerprint density at radius 1 is 1.09 bits per heavy atom. The van der Waals surface area contributed by atoms with Crippen molar-refractivity contribution >= 4 is 5.97 Å². The third-order valence-corrected chi connectivity index (χ3v) is 3.53. The highest BCUT2D eigenvalue weighted by Crippen LogP contribution is 2.17. The van der Waals surface area contributed by atoms with Gasteiger partial charge in [0.2, 0.25) is 0 Å². The molecule has 0 fully saturated rings. The van der Waals surface area contributed by atoms with Crippen molar-refractivity contribution in [3.63, 3.8) is 0 Å². The number of nitrogens with zero attached hydrogens (tertiary/aromatic N) is 1. The van der Waals surface area contributed by atoms with Crippen molar-refractivity contribution < 1.29 is 9.90 Å². The number of rotatable bonds is 4. The summed E-state index contributed by atoms with van der Waals surface area (Å²) in [4.78, 5) is 29.3. The zero-order valence-corrected chi connectivity index (χ0v) is 12.2. The van der Waals surface area contributed by atoms with Crippen molar-refractivity contribution in [3.8, 4) is 11.1 Å². The van der Waals surface area contributed by atoms with Gasteiger partial charge in [-0.1, -0.05) is 24.3 Å². The Morgan fingerprint density at radius 3 is 2.57 bits per heavy atom. The van der Waals surface area contributed by atoms with Crippen LogP contribution in [-0.2, 0) is 6.42 Å².